The molecule has 0 aromatic rings. The van der Waals surface area contributed by atoms with E-state index < -0.39 is 0 Å². The number of hydrogen-bond acceptors (Lipinski definition) is 2. The molecule has 2 unspecified atom stereocenters. The van der Waals surface area contributed by atoms with Crippen LogP contribution in [-0.2, 0) is 9.59 Å². The number of ketones is 2. The maximum Gasteiger partial charge on any atom is 0.155 e. The summed E-state index contributed by atoms with van der Waals surface area (Å²) in [6.07, 6.45) is 11.7. The minimum absolute atomic E-state index is 0.146. The SMILES string of the molecule is CC1=CCCC(C)(C)C1/C=C/C(=O)CC[C@@H]1C(=O)C[C@]2(C(C)C)CC12. The largest absolute Gasteiger partial charge is 0.299 e. The number of allylic oxidation sites excluding steroid dienone is 4. The number of Topliss-reactive ketones (excluding diaryl/α,β-unsaturated/α-hetero) is 1. The Balaban J connectivity index is 1.55. The Hall–Kier alpha value is -1.18. The Kier molecular flexibility index (Phi) is 4.85. The third-order valence-corrected chi connectivity index (χ3v) is 7.49. The van der Waals surface area contributed by atoms with E-state index in [0.29, 0.717) is 30.0 Å². The van der Waals surface area contributed by atoms with Crippen molar-refractivity contribution in [3.63, 3.8) is 0 Å². The quantitative estimate of drug-likeness (QED) is 0.470. The van der Waals surface area contributed by atoms with Crippen LogP contribution in [0.1, 0.15) is 73.1 Å². The third-order valence-electron chi connectivity index (χ3n) is 7.49. The smallest absolute Gasteiger partial charge is 0.155 e. The van der Waals surface area contributed by atoms with Gasteiger partial charge in [0.15, 0.2) is 5.78 Å². The summed E-state index contributed by atoms with van der Waals surface area (Å²) in [6, 6.07) is 0. The molecule has 0 saturated heterocycles. The number of carbonyl (C=O) groups is 2. The van der Waals surface area contributed by atoms with Crippen LogP contribution >= 0.6 is 0 Å². The standard InChI is InChI=1S/C23H34O2/c1-15(2)23-13-20(23)18(21(25)14-23)10-8-17(24)9-11-19-16(3)7-6-12-22(19,4)5/h7,9,11,15,18-20H,6,8,10,12-14H2,1-5H3/b11-9+/t18-,19?,20?,23-/m0/s1. The highest BCUT2D eigenvalue weighted by atomic mass is 16.1. The van der Waals surface area contributed by atoms with E-state index >= 15 is 0 Å². The van der Waals surface area contributed by atoms with Gasteiger partial charge >= 0.3 is 0 Å². The molecule has 0 amide bonds. The lowest BCUT2D eigenvalue weighted by atomic mass is 9.68. The molecule has 138 valence electrons. The first-order chi connectivity index (χ1) is 11.7. The summed E-state index contributed by atoms with van der Waals surface area (Å²) in [6.45, 7) is 11.2. The molecule has 0 heterocycles. The molecular weight excluding hydrogens is 308 g/mol. The number of fused-ring (bicyclic) bond motifs is 1. The fraction of sp³-hybridized carbons (Fsp3) is 0.739. The zero-order chi connectivity index (χ0) is 18.4. The molecule has 0 aromatic carbocycles. The van der Waals surface area contributed by atoms with Gasteiger partial charge in [0.05, 0.1) is 0 Å². The highest BCUT2D eigenvalue weighted by Gasteiger charge is 2.65. The van der Waals surface area contributed by atoms with Crippen molar-refractivity contribution in [2.24, 2.45) is 34.5 Å². The monoisotopic (exact) mass is 342 g/mol. The molecule has 3 aliphatic rings. The normalized spacial score (nSPS) is 36.6. The van der Waals surface area contributed by atoms with Crippen LogP contribution < -0.4 is 0 Å². The Bertz CT molecular complexity index is 622. The maximum atomic E-state index is 12.4. The molecule has 0 aliphatic heterocycles. The zero-order valence-corrected chi connectivity index (χ0v) is 16.6. The summed E-state index contributed by atoms with van der Waals surface area (Å²) in [5.41, 5.74) is 1.89. The fourth-order valence-electron chi connectivity index (χ4n) is 5.57. The Labute approximate surface area is 153 Å². The van der Waals surface area contributed by atoms with Crippen LogP contribution in [0.3, 0.4) is 0 Å². The van der Waals surface area contributed by atoms with Crippen molar-refractivity contribution >= 4 is 11.6 Å². The van der Waals surface area contributed by atoms with Crippen LogP contribution in [-0.4, -0.2) is 11.6 Å². The van der Waals surface area contributed by atoms with Crippen LogP contribution in [0.25, 0.3) is 0 Å². The molecule has 4 atom stereocenters. The van der Waals surface area contributed by atoms with E-state index in [1.807, 2.05) is 0 Å². The van der Waals surface area contributed by atoms with Gasteiger partial charge in [-0.15, -0.1) is 0 Å². The molecule has 2 fully saturated rings. The van der Waals surface area contributed by atoms with Gasteiger partial charge in [-0.3, -0.25) is 9.59 Å². The van der Waals surface area contributed by atoms with Gasteiger partial charge in [-0.05, 0) is 61.3 Å². The van der Waals surface area contributed by atoms with Gasteiger partial charge in [0, 0.05) is 24.7 Å². The minimum Gasteiger partial charge on any atom is -0.299 e. The molecule has 3 aliphatic carbocycles. The average Bonchev–Trinajstić information content (AvgIpc) is 3.14. The van der Waals surface area contributed by atoms with E-state index in [9.17, 15) is 9.59 Å². The van der Waals surface area contributed by atoms with Crippen LogP contribution in [0.2, 0.25) is 0 Å². The van der Waals surface area contributed by atoms with Crippen molar-refractivity contribution in [1.29, 1.82) is 0 Å². The maximum absolute atomic E-state index is 12.4. The van der Waals surface area contributed by atoms with Crippen LogP contribution in [0.4, 0.5) is 0 Å². The molecule has 2 heteroatoms. The van der Waals surface area contributed by atoms with E-state index in [0.717, 1.165) is 19.3 Å². The predicted octanol–water partition coefficient (Wildman–Crippen LogP) is 5.53. The van der Waals surface area contributed by atoms with Crippen molar-refractivity contribution in [3.05, 3.63) is 23.8 Å². The van der Waals surface area contributed by atoms with E-state index in [4.69, 9.17) is 0 Å². The molecule has 25 heavy (non-hydrogen) atoms. The van der Waals surface area contributed by atoms with Gasteiger partial charge in [0.1, 0.15) is 5.78 Å². The van der Waals surface area contributed by atoms with Gasteiger partial charge in [-0.25, -0.2) is 0 Å². The second kappa shape index (κ2) is 6.52. The Morgan fingerprint density at radius 1 is 1.36 bits per heavy atom. The van der Waals surface area contributed by atoms with Gasteiger partial charge in [0.2, 0.25) is 0 Å². The number of rotatable bonds is 6. The predicted molar refractivity (Wildman–Crippen MR) is 102 cm³/mol. The fourth-order valence-corrected chi connectivity index (χ4v) is 5.57. The average molecular weight is 343 g/mol. The number of hydrogen-bond donors (Lipinski definition) is 0. The van der Waals surface area contributed by atoms with Crippen LogP contribution in [0, 0.1) is 34.5 Å². The van der Waals surface area contributed by atoms with E-state index in [2.05, 4.69) is 46.8 Å². The van der Waals surface area contributed by atoms with E-state index in [1.165, 1.54) is 18.4 Å². The second-order valence-electron chi connectivity index (χ2n) is 9.77. The van der Waals surface area contributed by atoms with Crippen molar-refractivity contribution in [2.75, 3.05) is 0 Å². The Morgan fingerprint density at radius 2 is 2.08 bits per heavy atom. The highest BCUT2D eigenvalue weighted by molar-refractivity contribution is 5.91. The summed E-state index contributed by atoms with van der Waals surface area (Å²) < 4.78 is 0. The van der Waals surface area contributed by atoms with E-state index in [-0.39, 0.29) is 22.5 Å². The Morgan fingerprint density at radius 3 is 2.68 bits per heavy atom. The molecule has 0 N–H and O–H groups in total. The zero-order valence-electron chi connectivity index (χ0n) is 16.6. The van der Waals surface area contributed by atoms with E-state index in [1.54, 1.807) is 6.08 Å². The molecule has 2 saturated carbocycles. The molecule has 0 radical (unpaired) electrons. The van der Waals surface area contributed by atoms with Gasteiger partial charge in [0.25, 0.3) is 0 Å². The van der Waals surface area contributed by atoms with Crippen molar-refractivity contribution in [2.45, 2.75) is 73.1 Å². The highest BCUT2D eigenvalue weighted by Crippen LogP contribution is 2.69. The van der Waals surface area contributed by atoms with Gasteiger partial charge in [-0.1, -0.05) is 45.4 Å². The molecule has 3 rings (SSSR count). The topological polar surface area (TPSA) is 34.1 Å². The van der Waals surface area contributed by atoms with Crippen LogP contribution in [0.15, 0.2) is 23.8 Å². The molecule has 0 bridgehead atoms. The van der Waals surface area contributed by atoms with Crippen molar-refractivity contribution < 1.29 is 9.59 Å². The molecule has 0 spiro atoms. The third kappa shape index (κ3) is 3.41. The first-order valence-electron chi connectivity index (χ1n) is 10.1. The minimum atomic E-state index is 0.146. The molecular formula is C23H34O2. The van der Waals surface area contributed by atoms with Gasteiger partial charge in [-0.2, -0.15) is 0 Å². The summed E-state index contributed by atoms with van der Waals surface area (Å²) in [7, 11) is 0. The first-order valence-corrected chi connectivity index (χ1v) is 10.1. The van der Waals surface area contributed by atoms with Crippen molar-refractivity contribution in [3.8, 4) is 0 Å². The van der Waals surface area contributed by atoms with Gasteiger partial charge < -0.3 is 0 Å². The van der Waals surface area contributed by atoms with Crippen molar-refractivity contribution in [1.82, 2.24) is 0 Å². The van der Waals surface area contributed by atoms with Crippen LogP contribution in [0.5, 0.6) is 0 Å². The second-order valence-corrected chi connectivity index (χ2v) is 9.77. The summed E-state index contributed by atoms with van der Waals surface area (Å²) in [5, 5.41) is 0. The molecule has 2 nitrogen and oxygen atoms in total. The number of carbonyl (C=O) groups excluding carboxylic acids is 2. The molecule has 0 aromatic heterocycles. The lowest BCUT2D eigenvalue weighted by Crippen LogP contribution is -2.26. The lowest BCUT2D eigenvalue weighted by Gasteiger charge is -2.36. The summed E-state index contributed by atoms with van der Waals surface area (Å²) in [4.78, 5) is 24.7. The lowest BCUT2D eigenvalue weighted by molar-refractivity contribution is -0.122. The summed E-state index contributed by atoms with van der Waals surface area (Å²) >= 11 is 0. The first kappa shape index (κ1) is 18.6. The summed E-state index contributed by atoms with van der Waals surface area (Å²) in [5.74, 6) is 2.24.